The Hall–Kier alpha value is -2.25. The fraction of sp³-hybridized carbons (Fsp3) is 0.316. The zero-order chi connectivity index (χ0) is 19.6. The fourth-order valence-corrected chi connectivity index (χ4v) is 3.25. The summed E-state index contributed by atoms with van der Waals surface area (Å²) in [6, 6.07) is 11.1. The first-order valence-electron chi connectivity index (χ1n) is 8.20. The highest BCUT2D eigenvalue weighted by atomic mass is 35.5. The molecule has 4 nitrogen and oxygen atoms in total. The summed E-state index contributed by atoms with van der Waals surface area (Å²) >= 11 is 6.12. The van der Waals surface area contributed by atoms with Gasteiger partial charge in [-0.15, -0.1) is 13.2 Å². The summed E-state index contributed by atoms with van der Waals surface area (Å²) in [6.45, 7) is -0.300. The molecule has 2 aromatic carbocycles. The minimum absolute atomic E-state index is 0.0589. The number of hydrogen-bond acceptors (Lipinski definition) is 3. The first-order valence-corrected chi connectivity index (χ1v) is 8.58. The molecule has 27 heavy (non-hydrogen) atoms. The molecule has 1 fully saturated rings. The van der Waals surface area contributed by atoms with Crippen LogP contribution in [0.4, 0.5) is 13.2 Å². The van der Waals surface area contributed by atoms with E-state index in [9.17, 15) is 18.0 Å². The number of hydrogen-bond donors (Lipinski definition) is 1. The molecule has 0 amide bonds. The van der Waals surface area contributed by atoms with E-state index in [-0.39, 0.29) is 24.4 Å². The second-order valence-electron chi connectivity index (χ2n) is 6.31. The lowest BCUT2D eigenvalue weighted by Crippen LogP contribution is -2.31. The second-order valence-corrected chi connectivity index (χ2v) is 6.71. The molecule has 0 bridgehead atoms. The van der Waals surface area contributed by atoms with Crippen molar-refractivity contribution in [3.8, 4) is 16.9 Å². The summed E-state index contributed by atoms with van der Waals surface area (Å²) in [6.07, 6.45) is -3.35. The lowest BCUT2D eigenvalue weighted by atomic mass is 9.77. The Morgan fingerprint density at radius 1 is 1.15 bits per heavy atom. The van der Waals surface area contributed by atoms with Crippen LogP contribution in [0.2, 0.25) is 5.02 Å². The van der Waals surface area contributed by atoms with Gasteiger partial charge in [-0.05, 0) is 48.1 Å². The summed E-state index contributed by atoms with van der Waals surface area (Å²) in [5.74, 6) is -1.05. The minimum atomic E-state index is -4.77. The van der Waals surface area contributed by atoms with Crippen LogP contribution >= 0.6 is 11.6 Å². The molecular weight excluding hydrogens is 385 g/mol. The number of aliphatic carboxylic acids is 1. The molecule has 2 aromatic rings. The lowest BCUT2D eigenvalue weighted by molar-refractivity contribution is -0.274. The maximum Gasteiger partial charge on any atom is 0.573 e. The molecule has 0 atom stereocenters. The lowest BCUT2D eigenvalue weighted by Gasteiger charge is -2.35. The Balaban J connectivity index is 1.67. The molecule has 0 aliphatic heterocycles. The first kappa shape index (κ1) is 19.5. The van der Waals surface area contributed by atoms with Crippen LogP contribution in [0, 0.1) is 0 Å². The molecule has 0 unspecified atom stereocenters. The monoisotopic (exact) mass is 400 g/mol. The highest BCUT2D eigenvalue weighted by Gasteiger charge is 2.32. The van der Waals surface area contributed by atoms with E-state index in [0.717, 1.165) is 18.4 Å². The number of carbonyl (C=O) groups is 1. The molecule has 1 saturated carbocycles. The van der Waals surface area contributed by atoms with E-state index < -0.39 is 12.3 Å². The Bertz CT molecular complexity index is 815. The van der Waals surface area contributed by atoms with Gasteiger partial charge in [-0.2, -0.15) is 0 Å². The number of halogens is 4. The third-order valence-electron chi connectivity index (χ3n) is 4.40. The predicted octanol–water partition coefficient (Wildman–Crippen LogP) is 5.25. The van der Waals surface area contributed by atoms with Crippen LogP contribution in [-0.4, -0.2) is 30.1 Å². The van der Waals surface area contributed by atoms with Gasteiger partial charge in [0, 0.05) is 10.6 Å². The van der Waals surface area contributed by atoms with E-state index in [0.29, 0.717) is 16.1 Å². The maximum absolute atomic E-state index is 12.4. The van der Waals surface area contributed by atoms with Gasteiger partial charge in [-0.1, -0.05) is 35.9 Å². The van der Waals surface area contributed by atoms with E-state index >= 15 is 0 Å². The SMILES string of the molecule is O=C(O)CO[C@H]1C[C@@H](c2ccc(-c3cc(OC(F)(F)F)ccc3Cl)cc2)C1. The molecule has 0 radical (unpaired) electrons. The van der Waals surface area contributed by atoms with Gasteiger partial charge in [-0.25, -0.2) is 4.79 Å². The molecular formula is C19H16ClF3O4. The van der Waals surface area contributed by atoms with Crippen molar-refractivity contribution in [2.45, 2.75) is 31.2 Å². The summed E-state index contributed by atoms with van der Waals surface area (Å²) in [5, 5.41) is 8.92. The largest absolute Gasteiger partial charge is 0.573 e. The van der Waals surface area contributed by atoms with Crippen LogP contribution < -0.4 is 4.74 Å². The van der Waals surface area contributed by atoms with E-state index in [2.05, 4.69) is 4.74 Å². The molecule has 0 spiro atoms. The maximum atomic E-state index is 12.4. The van der Waals surface area contributed by atoms with Crippen LogP contribution in [-0.2, 0) is 9.53 Å². The van der Waals surface area contributed by atoms with Crippen molar-refractivity contribution in [1.82, 2.24) is 0 Å². The van der Waals surface area contributed by atoms with Gasteiger partial charge in [0.1, 0.15) is 12.4 Å². The molecule has 1 aliphatic rings. The smallest absolute Gasteiger partial charge is 0.480 e. The Kier molecular flexibility index (Phi) is 5.62. The Morgan fingerprint density at radius 2 is 1.81 bits per heavy atom. The van der Waals surface area contributed by atoms with Crippen molar-refractivity contribution < 1.29 is 32.5 Å². The Labute approximate surface area is 158 Å². The first-order chi connectivity index (χ1) is 12.7. The van der Waals surface area contributed by atoms with Crippen LogP contribution in [0.5, 0.6) is 5.75 Å². The summed E-state index contributed by atoms with van der Waals surface area (Å²) in [4.78, 5) is 10.5. The normalized spacial score (nSPS) is 19.4. The van der Waals surface area contributed by atoms with Crippen molar-refractivity contribution in [1.29, 1.82) is 0 Å². The third kappa shape index (κ3) is 5.14. The standard InChI is InChI=1S/C19H16ClF3O4/c20-17-6-5-14(27-19(21,22)23)9-16(17)12-3-1-11(2-4-12)13-7-15(8-13)26-10-18(24)25/h1-6,9,13,15H,7-8,10H2,(H,24,25)/t13-,15+. The number of alkyl halides is 3. The average Bonchev–Trinajstić information content (AvgIpc) is 2.54. The van der Waals surface area contributed by atoms with E-state index in [1.54, 1.807) is 12.1 Å². The molecule has 0 saturated heterocycles. The average molecular weight is 401 g/mol. The van der Waals surface area contributed by atoms with Crippen LogP contribution in [0.1, 0.15) is 24.3 Å². The van der Waals surface area contributed by atoms with Gasteiger partial charge in [0.05, 0.1) is 6.10 Å². The topological polar surface area (TPSA) is 55.8 Å². The van der Waals surface area contributed by atoms with E-state index in [1.807, 2.05) is 12.1 Å². The van der Waals surface area contributed by atoms with Crippen molar-refractivity contribution in [2.75, 3.05) is 6.61 Å². The second kappa shape index (κ2) is 7.78. The summed E-state index contributed by atoms with van der Waals surface area (Å²) < 4.78 is 46.4. The van der Waals surface area contributed by atoms with Crippen molar-refractivity contribution in [2.24, 2.45) is 0 Å². The minimum Gasteiger partial charge on any atom is -0.480 e. The van der Waals surface area contributed by atoms with Crippen molar-refractivity contribution >= 4 is 17.6 Å². The quantitative estimate of drug-likeness (QED) is 0.719. The van der Waals surface area contributed by atoms with Gasteiger partial charge >= 0.3 is 12.3 Å². The zero-order valence-corrected chi connectivity index (χ0v) is 14.8. The van der Waals surface area contributed by atoms with Gasteiger partial charge < -0.3 is 14.6 Å². The molecule has 8 heteroatoms. The molecule has 3 rings (SSSR count). The van der Waals surface area contributed by atoms with Crippen LogP contribution in [0.3, 0.4) is 0 Å². The number of carboxylic acids is 1. The molecule has 1 N–H and O–H groups in total. The molecule has 0 aromatic heterocycles. The van der Waals surface area contributed by atoms with Gasteiger partial charge in [-0.3, -0.25) is 0 Å². The highest BCUT2D eigenvalue weighted by Crippen LogP contribution is 2.40. The van der Waals surface area contributed by atoms with Crippen molar-refractivity contribution in [3.05, 3.63) is 53.1 Å². The third-order valence-corrected chi connectivity index (χ3v) is 4.73. The number of ether oxygens (including phenoxy) is 2. The van der Waals surface area contributed by atoms with Crippen LogP contribution in [0.25, 0.3) is 11.1 Å². The number of rotatable bonds is 6. The van der Waals surface area contributed by atoms with E-state index in [4.69, 9.17) is 21.4 Å². The fourth-order valence-electron chi connectivity index (χ4n) is 3.02. The van der Waals surface area contributed by atoms with Crippen LogP contribution in [0.15, 0.2) is 42.5 Å². The summed E-state index contributed by atoms with van der Waals surface area (Å²) in [5.41, 5.74) is 2.18. The van der Waals surface area contributed by atoms with Gasteiger partial charge in [0.15, 0.2) is 0 Å². The highest BCUT2D eigenvalue weighted by molar-refractivity contribution is 6.33. The number of carboxylic acid groups (broad SMARTS) is 1. The molecule has 0 heterocycles. The number of benzene rings is 2. The Morgan fingerprint density at radius 3 is 2.41 bits per heavy atom. The molecule has 1 aliphatic carbocycles. The van der Waals surface area contributed by atoms with E-state index in [1.165, 1.54) is 18.2 Å². The zero-order valence-electron chi connectivity index (χ0n) is 14.0. The van der Waals surface area contributed by atoms with Crippen molar-refractivity contribution in [3.63, 3.8) is 0 Å². The predicted molar refractivity (Wildman–Crippen MR) is 92.9 cm³/mol. The summed E-state index contributed by atoms with van der Waals surface area (Å²) in [7, 11) is 0. The molecule has 144 valence electrons. The van der Waals surface area contributed by atoms with Gasteiger partial charge in [0.25, 0.3) is 0 Å². The van der Waals surface area contributed by atoms with Gasteiger partial charge in [0.2, 0.25) is 0 Å².